The van der Waals surface area contributed by atoms with Gasteiger partial charge in [-0.25, -0.2) is 0 Å². The van der Waals surface area contributed by atoms with Crippen molar-refractivity contribution in [2.45, 2.75) is 39.2 Å². The Labute approximate surface area is 165 Å². The van der Waals surface area contributed by atoms with Crippen molar-refractivity contribution < 1.29 is 19.4 Å². The molecule has 0 unspecified atom stereocenters. The molecule has 148 valence electrons. The molecule has 0 amide bonds. The Morgan fingerprint density at radius 3 is 2.00 bits per heavy atom. The second kappa shape index (κ2) is 8.15. The van der Waals surface area contributed by atoms with Gasteiger partial charge in [0.15, 0.2) is 0 Å². The number of hydrogen-bond acceptors (Lipinski definition) is 5. The van der Waals surface area contributed by atoms with Crippen molar-refractivity contribution in [3.8, 4) is 5.75 Å². The standard InChI is InChI=1S/C23H27NO4/c1-4-13-24(14-5-2)16-11-12-19(20(15-16)28-6-3)23(27)21(25)17-9-7-8-10-18(17)22(23)26/h7-12,15,27H,4-6,13-14H2,1-3H3. The lowest BCUT2D eigenvalue weighted by atomic mass is 9.87. The van der Waals surface area contributed by atoms with E-state index >= 15 is 0 Å². The summed E-state index contributed by atoms with van der Waals surface area (Å²) in [5.41, 5.74) is -0.583. The van der Waals surface area contributed by atoms with Crippen LogP contribution in [0.1, 0.15) is 59.9 Å². The predicted octanol–water partition coefficient (Wildman–Crippen LogP) is 3.98. The van der Waals surface area contributed by atoms with E-state index in [0.717, 1.165) is 31.6 Å². The average molecular weight is 381 g/mol. The number of ether oxygens (including phenoxy) is 1. The van der Waals surface area contributed by atoms with Gasteiger partial charge in [-0.05, 0) is 31.9 Å². The van der Waals surface area contributed by atoms with Crippen molar-refractivity contribution in [2.75, 3.05) is 24.6 Å². The zero-order valence-electron chi connectivity index (χ0n) is 16.7. The van der Waals surface area contributed by atoms with Crippen molar-refractivity contribution in [1.82, 2.24) is 0 Å². The average Bonchev–Trinajstić information content (AvgIpc) is 2.90. The number of fused-ring (bicyclic) bond motifs is 1. The quantitative estimate of drug-likeness (QED) is 0.701. The monoisotopic (exact) mass is 381 g/mol. The van der Waals surface area contributed by atoms with Gasteiger partial charge in [0.1, 0.15) is 5.75 Å². The molecule has 3 rings (SSSR count). The number of anilines is 1. The first kappa shape index (κ1) is 20.1. The summed E-state index contributed by atoms with van der Waals surface area (Å²) >= 11 is 0. The van der Waals surface area contributed by atoms with Gasteiger partial charge in [0.25, 0.3) is 0 Å². The highest BCUT2D eigenvalue weighted by Gasteiger charge is 2.54. The third-order valence-corrected chi connectivity index (χ3v) is 5.08. The molecule has 0 aliphatic heterocycles. The summed E-state index contributed by atoms with van der Waals surface area (Å²) in [4.78, 5) is 28.2. The first-order valence-corrected chi connectivity index (χ1v) is 9.92. The lowest BCUT2D eigenvalue weighted by Crippen LogP contribution is -2.38. The molecule has 0 saturated carbocycles. The summed E-state index contributed by atoms with van der Waals surface area (Å²) in [5.74, 6) is -0.823. The lowest BCUT2D eigenvalue weighted by molar-refractivity contribution is 0.0311. The number of carbonyl (C=O) groups is 2. The van der Waals surface area contributed by atoms with E-state index in [1.807, 2.05) is 19.1 Å². The van der Waals surface area contributed by atoms with Crippen molar-refractivity contribution >= 4 is 17.3 Å². The maximum atomic E-state index is 13.0. The Morgan fingerprint density at radius 1 is 0.929 bits per heavy atom. The van der Waals surface area contributed by atoms with E-state index in [4.69, 9.17) is 4.74 Å². The van der Waals surface area contributed by atoms with E-state index in [0.29, 0.717) is 12.4 Å². The molecule has 28 heavy (non-hydrogen) atoms. The second-order valence-electron chi connectivity index (χ2n) is 7.01. The fourth-order valence-corrected chi connectivity index (χ4v) is 3.81. The molecule has 1 N–H and O–H groups in total. The van der Waals surface area contributed by atoms with Gasteiger partial charge in [0.2, 0.25) is 17.2 Å². The van der Waals surface area contributed by atoms with Crippen LogP contribution < -0.4 is 9.64 Å². The first-order chi connectivity index (χ1) is 13.5. The van der Waals surface area contributed by atoms with E-state index in [-0.39, 0.29) is 16.7 Å². The molecule has 0 saturated heterocycles. The van der Waals surface area contributed by atoms with Gasteiger partial charge in [-0.2, -0.15) is 0 Å². The van der Waals surface area contributed by atoms with E-state index < -0.39 is 17.2 Å². The van der Waals surface area contributed by atoms with Gasteiger partial charge >= 0.3 is 0 Å². The van der Waals surface area contributed by atoms with Gasteiger partial charge in [0, 0.05) is 41.5 Å². The maximum absolute atomic E-state index is 13.0. The van der Waals surface area contributed by atoms with Crippen LogP contribution in [0.4, 0.5) is 5.69 Å². The first-order valence-electron chi connectivity index (χ1n) is 9.92. The van der Waals surface area contributed by atoms with E-state index in [1.54, 1.807) is 30.3 Å². The molecule has 0 bridgehead atoms. The number of hydrogen-bond donors (Lipinski definition) is 1. The maximum Gasteiger partial charge on any atom is 0.220 e. The van der Waals surface area contributed by atoms with Crippen molar-refractivity contribution in [3.63, 3.8) is 0 Å². The molecule has 0 aromatic heterocycles. The van der Waals surface area contributed by atoms with E-state index in [1.165, 1.54) is 0 Å². The highest BCUT2D eigenvalue weighted by atomic mass is 16.5. The van der Waals surface area contributed by atoms with Gasteiger partial charge in [-0.3, -0.25) is 9.59 Å². The van der Waals surface area contributed by atoms with Crippen LogP contribution in [0, 0.1) is 0 Å². The number of aliphatic hydroxyl groups is 1. The molecular formula is C23H27NO4. The van der Waals surface area contributed by atoms with Gasteiger partial charge < -0.3 is 14.7 Å². The third kappa shape index (κ3) is 3.20. The topological polar surface area (TPSA) is 66.8 Å². The van der Waals surface area contributed by atoms with Gasteiger partial charge in [-0.15, -0.1) is 0 Å². The van der Waals surface area contributed by atoms with Gasteiger partial charge in [0.05, 0.1) is 6.61 Å². The van der Waals surface area contributed by atoms with Crippen LogP contribution in [0.25, 0.3) is 0 Å². The van der Waals surface area contributed by atoms with E-state index in [9.17, 15) is 14.7 Å². The molecule has 1 aliphatic carbocycles. The number of nitrogens with zero attached hydrogens (tertiary/aromatic N) is 1. The molecule has 1 aliphatic rings. The summed E-state index contributed by atoms with van der Waals surface area (Å²) in [6, 6.07) is 11.9. The fourth-order valence-electron chi connectivity index (χ4n) is 3.81. The van der Waals surface area contributed by atoms with Gasteiger partial charge in [-0.1, -0.05) is 38.1 Å². The summed E-state index contributed by atoms with van der Waals surface area (Å²) in [6.07, 6.45) is 2.00. The summed E-state index contributed by atoms with van der Waals surface area (Å²) < 4.78 is 5.77. The normalized spacial score (nSPS) is 14.9. The number of Topliss-reactive ketones (excluding diaryl/α,β-unsaturated/α-hetero) is 2. The molecule has 0 heterocycles. The predicted molar refractivity (Wildman–Crippen MR) is 109 cm³/mol. The minimum Gasteiger partial charge on any atom is -0.493 e. The van der Waals surface area contributed by atoms with Crippen LogP contribution in [0.15, 0.2) is 42.5 Å². The third-order valence-electron chi connectivity index (χ3n) is 5.08. The Balaban J connectivity index is 2.09. The van der Waals surface area contributed by atoms with Crippen LogP contribution in [-0.2, 0) is 5.60 Å². The smallest absolute Gasteiger partial charge is 0.220 e. The van der Waals surface area contributed by atoms with Crippen molar-refractivity contribution in [1.29, 1.82) is 0 Å². The molecule has 0 spiro atoms. The van der Waals surface area contributed by atoms with Crippen LogP contribution in [0.2, 0.25) is 0 Å². The summed E-state index contributed by atoms with van der Waals surface area (Å²) in [5, 5.41) is 11.3. The Hall–Kier alpha value is -2.66. The summed E-state index contributed by atoms with van der Waals surface area (Å²) in [6.45, 7) is 8.23. The molecular weight excluding hydrogens is 354 g/mol. The molecule has 5 heteroatoms. The van der Waals surface area contributed by atoms with Crippen LogP contribution in [0.5, 0.6) is 5.75 Å². The highest BCUT2D eigenvalue weighted by Crippen LogP contribution is 2.42. The largest absolute Gasteiger partial charge is 0.493 e. The SMILES string of the molecule is CCCN(CCC)c1ccc(C2(O)C(=O)c3ccccc3C2=O)c(OCC)c1. The zero-order valence-corrected chi connectivity index (χ0v) is 16.7. The number of carbonyl (C=O) groups excluding carboxylic acids is 2. The lowest BCUT2D eigenvalue weighted by Gasteiger charge is -2.27. The van der Waals surface area contributed by atoms with E-state index in [2.05, 4.69) is 18.7 Å². The minimum absolute atomic E-state index is 0.206. The Morgan fingerprint density at radius 2 is 1.50 bits per heavy atom. The summed E-state index contributed by atoms with van der Waals surface area (Å²) in [7, 11) is 0. The molecule has 5 nitrogen and oxygen atoms in total. The molecule has 2 aromatic carbocycles. The van der Waals surface area contributed by atoms with Crippen molar-refractivity contribution in [2.24, 2.45) is 0 Å². The van der Waals surface area contributed by atoms with Crippen LogP contribution in [-0.4, -0.2) is 36.4 Å². The number of benzene rings is 2. The molecule has 2 aromatic rings. The fraction of sp³-hybridized carbons (Fsp3) is 0.391. The second-order valence-corrected chi connectivity index (χ2v) is 7.01. The highest BCUT2D eigenvalue weighted by molar-refractivity contribution is 6.32. The van der Waals surface area contributed by atoms with Crippen LogP contribution in [0.3, 0.4) is 0 Å². The molecule has 0 radical (unpaired) electrons. The minimum atomic E-state index is -2.24. The zero-order chi connectivity index (χ0) is 20.3. The van der Waals surface area contributed by atoms with Crippen LogP contribution >= 0.6 is 0 Å². The number of rotatable bonds is 8. The number of ketones is 2. The van der Waals surface area contributed by atoms with Crippen molar-refractivity contribution in [3.05, 3.63) is 59.2 Å². The molecule has 0 fully saturated rings. The Kier molecular flexibility index (Phi) is 5.84. The Bertz CT molecular complexity index is 849. The molecule has 0 atom stereocenters.